The highest BCUT2D eigenvalue weighted by Gasteiger charge is 2.49. The minimum Gasteiger partial charge on any atom is -0.493 e. The lowest BCUT2D eigenvalue weighted by molar-refractivity contribution is -0.131. The maximum atomic E-state index is 12.2. The molecule has 0 saturated heterocycles. The molecule has 0 saturated carbocycles. The molecule has 26 heavy (non-hydrogen) atoms. The average molecular weight is 354 g/mol. The SMILES string of the molecule is COc1cc2c3c(c1OC)C1(C=CC(=NO)C=C1)C[C@H]3N(C(C)=O)CC2. The largest absolute Gasteiger partial charge is 0.493 e. The third-order valence-corrected chi connectivity index (χ3v) is 5.75. The Balaban J connectivity index is 1.98. The Hall–Kier alpha value is -2.76. The first-order chi connectivity index (χ1) is 12.5. The molecule has 3 aliphatic rings. The number of nitrogens with zero attached hydrogens (tertiary/aromatic N) is 2. The topological polar surface area (TPSA) is 71.4 Å². The highest BCUT2D eigenvalue weighted by Crippen LogP contribution is 2.58. The lowest BCUT2D eigenvalue weighted by atomic mass is 9.77. The third-order valence-electron chi connectivity index (χ3n) is 5.75. The Bertz CT molecular complexity index is 853. The molecule has 1 N–H and O–H groups in total. The van der Waals surface area contributed by atoms with Crippen molar-refractivity contribution in [3.8, 4) is 11.5 Å². The van der Waals surface area contributed by atoms with Crippen molar-refractivity contribution in [3.05, 3.63) is 47.1 Å². The van der Waals surface area contributed by atoms with E-state index in [1.165, 1.54) is 11.1 Å². The molecule has 6 heteroatoms. The maximum Gasteiger partial charge on any atom is 0.219 e. The van der Waals surface area contributed by atoms with Crippen molar-refractivity contribution in [2.45, 2.75) is 31.2 Å². The van der Waals surface area contributed by atoms with Gasteiger partial charge in [0, 0.05) is 24.4 Å². The van der Waals surface area contributed by atoms with Crippen molar-refractivity contribution in [3.63, 3.8) is 0 Å². The molecule has 4 rings (SSSR count). The molecule has 0 unspecified atom stereocenters. The molecule has 6 nitrogen and oxygen atoms in total. The summed E-state index contributed by atoms with van der Waals surface area (Å²) in [5.41, 5.74) is 3.51. The van der Waals surface area contributed by atoms with Crippen molar-refractivity contribution in [2.75, 3.05) is 20.8 Å². The molecule has 2 aliphatic carbocycles. The zero-order chi connectivity index (χ0) is 18.5. The van der Waals surface area contributed by atoms with E-state index in [0.29, 0.717) is 23.8 Å². The first kappa shape index (κ1) is 16.7. The fourth-order valence-corrected chi connectivity index (χ4v) is 4.62. The number of benzene rings is 1. The Morgan fingerprint density at radius 1 is 1.31 bits per heavy atom. The molecule has 1 heterocycles. The number of hydrogen-bond acceptors (Lipinski definition) is 5. The smallest absolute Gasteiger partial charge is 0.219 e. The second kappa shape index (κ2) is 5.90. The Labute approximate surface area is 152 Å². The van der Waals surface area contributed by atoms with Crippen LogP contribution in [-0.4, -0.2) is 42.5 Å². The van der Waals surface area contributed by atoms with Crippen molar-refractivity contribution < 1.29 is 19.5 Å². The van der Waals surface area contributed by atoms with E-state index in [4.69, 9.17) is 14.7 Å². The Kier molecular flexibility index (Phi) is 3.79. The lowest BCUT2D eigenvalue weighted by Gasteiger charge is -2.35. The molecule has 0 aromatic heterocycles. The normalized spacial score (nSPS) is 25.4. The van der Waals surface area contributed by atoms with Crippen molar-refractivity contribution in [1.82, 2.24) is 4.90 Å². The number of amides is 1. The summed E-state index contributed by atoms with van der Waals surface area (Å²) in [6.45, 7) is 2.33. The van der Waals surface area contributed by atoms with Crippen LogP contribution in [0.25, 0.3) is 0 Å². The van der Waals surface area contributed by atoms with Crippen LogP contribution in [0, 0.1) is 0 Å². The van der Waals surface area contributed by atoms with Crippen LogP contribution in [-0.2, 0) is 16.6 Å². The fraction of sp³-hybridized carbons (Fsp3) is 0.400. The molecule has 1 aromatic carbocycles. The van der Waals surface area contributed by atoms with Gasteiger partial charge in [0.1, 0.15) is 5.71 Å². The molecule has 0 bridgehead atoms. The number of rotatable bonds is 2. The predicted octanol–water partition coefficient (Wildman–Crippen LogP) is 2.75. The van der Waals surface area contributed by atoms with Gasteiger partial charge < -0.3 is 19.6 Å². The highest BCUT2D eigenvalue weighted by molar-refractivity contribution is 6.05. The number of allylic oxidation sites excluding steroid dienone is 4. The summed E-state index contributed by atoms with van der Waals surface area (Å²) in [5, 5.41) is 12.3. The second-order valence-electron chi connectivity index (χ2n) is 6.97. The molecular weight excluding hydrogens is 332 g/mol. The number of carbonyl (C=O) groups is 1. The van der Waals surface area contributed by atoms with Crippen LogP contribution < -0.4 is 9.47 Å². The van der Waals surface area contributed by atoms with Gasteiger partial charge in [-0.05, 0) is 42.2 Å². The van der Waals surface area contributed by atoms with Crippen LogP contribution in [0.15, 0.2) is 35.5 Å². The standard InChI is InChI=1S/C20H22N2O4/c1-12(23)22-9-6-13-10-16(25-2)19(26-3)18-17(13)15(22)11-20(18)7-4-14(21-24)5-8-20/h4-5,7-8,10,15,24H,6,9,11H2,1-3H3/t15-,20?/m1/s1. The summed E-state index contributed by atoms with van der Waals surface area (Å²) >= 11 is 0. The van der Waals surface area contributed by atoms with Gasteiger partial charge >= 0.3 is 0 Å². The number of carbonyl (C=O) groups excluding carboxylic acids is 1. The molecule has 0 fully saturated rings. The van der Waals surface area contributed by atoms with Crippen LogP contribution in [0.3, 0.4) is 0 Å². The molecule has 1 amide bonds. The van der Waals surface area contributed by atoms with E-state index in [1.54, 1.807) is 33.3 Å². The Morgan fingerprint density at radius 2 is 2.04 bits per heavy atom. The average Bonchev–Trinajstić information content (AvgIpc) is 2.98. The Morgan fingerprint density at radius 3 is 2.62 bits per heavy atom. The molecule has 1 atom stereocenters. The van der Waals surface area contributed by atoms with Gasteiger partial charge in [0.25, 0.3) is 0 Å². The van der Waals surface area contributed by atoms with Gasteiger partial charge in [0.2, 0.25) is 5.91 Å². The summed E-state index contributed by atoms with van der Waals surface area (Å²) in [6.07, 6.45) is 9.23. The summed E-state index contributed by atoms with van der Waals surface area (Å²) in [5.74, 6) is 1.50. The zero-order valence-corrected chi connectivity index (χ0v) is 15.2. The molecule has 1 aromatic rings. The predicted molar refractivity (Wildman–Crippen MR) is 97.2 cm³/mol. The van der Waals surface area contributed by atoms with Crippen LogP contribution >= 0.6 is 0 Å². The van der Waals surface area contributed by atoms with Gasteiger partial charge in [-0.1, -0.05) is 17.3 Å². The number of hydrogen-bond donors (Lipinski definition) is 1. The monoisotopic (exact) mass is 354 g/mol. The van der Waals surface area contributed by atoms with Crippen LogP contribution in [0.5, 0.6) is 11.5 Å². The molecular formula is C20H22N2O4. The van der Waals surface area contributed by atoms with E-state index < -0.39 is 5.41 Å². The van der Waals surface area contributed by atoms with E-state index in [9.17, 15) is 4.79 Å². The second-order valence-corrected chi connectivity index (χ2v) is 6.97. The first-order valence-corrected chi connectivity index (χ1v) is 8.70. The highest BCUT2D eigenvalue weighted by atomic mass is 16.5. The van der Waals surface area contributed by atoms with Crippen LogP contribution in [0.2, 0.25) is 0 Å². The van der Waals surface area contributed by atoms with Gasteiger partial charge in [-0.25, -0.2) is 0 Å². The van der Waals surface area contributed by atoms with Gasteiger partial charge in [0.15, 0.2) is 11.5 Å². The van der Waals surface area contributed by atoms with E-state index in [0.717, 1.165) is 18.4 Å². The van der Waals surface area contributed by atoms with Crippen molar-refractivity contribution in [2.24, 2.45) is 5.16 Å². The molecule has 1 aliphatic heterocycles. The summed E-state index contributed by atoms with van der Waals surface area (Å²) in [6, 6.07) is 2.05. The van der Waals surface area contributed by atoms with E-state index in [2.05, 4.69) is 5.16 Å². The molecule has 1 spiro atoms. The summed E-state index contributed by atoms with van der Waals surface area (Å²) in [7, 11) is 3.29. The fourth-order valence-electron chi connectivity index (χ4n) is 4.62. The summed E-state index contributed by atoms with van der Waals surface area (Å²) in [4.78, 5) is 14.2. The minimum absolute atomic E-state index is 0.00738. The van der Waals surface area contributed by atoms with E-state index in [1.807, 2.05) is 23.1 Å². The van der Waals surface area contributed by atoms with Gasteiger partial charge in [-0.2, -0.15) is 0 Å². The first-order valence-electron chi connectivity index (χ1n) is 8.70. The number of ether oxygens (including phenoxy) is 2. The van der Waals surface area contributed by atoms with E-state index in [-0.39, 0.29) is 11.9 Å². The van der Waals surface area contributed by atoms with Gasteiger partial charge in [-0.3, -0.25) is 4.79 Å². The molecule has 0 radical (unpaired) electrons. The van der Waals surface area contributed by atoms with Crippen LogP contribution in [0.4, 0.5) is 0 Å². The van der Waals surface area contributed by atoms with Gasteiger partial charge in [0.05, 0.1) is 20.3 Å². The van der Waals surface area contributed by atoms with Crippen LogP contribution in [0.1, 0.15) is 36.1 Å². The van der Waals surface area contributed by atoms with Crippen molar-refractivity contribution in [1.29, 1.82) is 0 Å². The summed E-state index contributed by atoms with van der Waals surface area (Å²) < 4.78 is 11.3. The number of fused-ring (bicyclic) bond motifs is 1. The van der Waals surface area contributed by atoms with Crippen molar-refractivity contribution >= 4 is 11.6 Å². The third kappa shape index (κ3) is 2.18. The lowest BCUT2D eigenvalue weighted by Crippen LogP contribution is -2.38. The zero-order valence-electron chi connectivity index (χ0n) is 15.2. The van der Waals surface area contributed by atoms with Gasteiger partial charge in [-0.15, -0.1) is 0 Å². The maximum absolute atomic E-state index is 12.2. The number of oxime groups is 1. The number of methoxy groups -OCH3 is 2. The minimum atomic E-state index is -0.416. The van der Waals surface area contributed by atoms with E-state index >= 15 is 0 Å². The molecule has 136 valence electrons. The quantitative estimate of drug-likeness (QED) is 0.655.